The van der Waals surface area contributed by atoms with Crippen LogP contribution in [0.5, 0.6) is 0 Å². The van der Waals surface area contributed by atoms with Crippen LogP contribution in [0.2, 0.25) is 0 Å². The van der Waals surface area contributed by atoms with Crippen molar-refractivity contribution in [1.82, 2.24) is 0 Å². The molecule has 0 radical (unpaired) electrons. The molecule has 2 fully saturated rings. The van der Waals surface area contributed by atoms with Crippen LogP contribution in [0, 0.1) is 17.3 Å². The van der Waals surface area contributed by atoms with Gasteiger partial charge in [0.2, 0.25) is 0 Å². The zero-order valence-corrected chi connectivity index (χ0v) is 12.2. The van der Waals surface area contributed by atoms with Crippen LogP contribution in [0.15, 0.2) is 0 Å². The van der Waals surface area contributed by atoms with E-state index in [4.69, 9.17) is 11.6 Å². The Bertz CT molecular complexity index is 366. The summed E-state index contributed by atoms with van der Waals surface area (Å²) in [4.78, 5) is 0. The van der Waals surface area contributed by atoms with Crippen LogP contribution in [0.1, 0.15) is 45.4 Å². The molecule has 4 heteroatoms. The van der Waals surface area contributed by atoms with Gasteiger partial charge in [-0.2, -0.15) is 0 Å². The average Bonchev–Trinajstić information content (AvgIpc) is 2.89. The van der Waals surface area contributed by atoms with Gasteiger partial charge in [0, 0.05) is 11.6 Å². The van der Waals surface area contributed by atoms with Crippen LogP contribution >= 0.6 is 11.6 Å². The van der Waals surface area contributed by atoms with Crippen molar-refractivity contribution in [2.45, 2.75) is 45.4 Å². The van der Waals surface area contributed by atoms with E-state index in [9.17, 15) is 8.42 Å². The fourth-order valence-corrected chi connectivity index (χ4v) is 5.22. The zero-order valence-electron chi connectivity index (χ0n) is 10.6. The summed E-state index contributed by atoms with van der Waals surface area (Å²) in [5.74, 6) is 2.99. The van der Waals surface area contributed by atoms with E-state index in [-0.39, 0.29) is 11.2 Å². The molecule has 0 aromatic carbocycles. The van der Waals surface area contributed by atoms with Crippen LogP contribution < -0.4 is 0 Å². The van der Waals surface area contributed by atoms with Gasteiger partial charge in [-0.05, 0) is 49.4 Å². The Kier molecular flexibility index (Phi) is 4.09. The predicted octanol–water partition coefficient (Wildman–Crippen LogP) is 3.25. The number of alkyl halides is 1. The third-order valence-electron chi connectivity index (χ3n) is 4.94. The van der Waals surface area contributed by atoms with E-state index in [1.807, 2.05) is 0 Å². The SMILES string of the molecule is CCS(=O)(=O)CCCC1(CCl)CC2CCC1C2. The first-order valence-corrected chi connectivity index (χ1v) is 9.13. The number of sulfone groups is 1. The standard InChI is InChI=1S/C13H23ClO2S/c1-2-17(15,16)7-3-6-13(10-14)9-11-4-5-12(13)8-11/h11-12H,2-10H2,1H3. The molecule has 2 saturated carbocycles. The van der Waals surface area contributed by atoms with Gasteiger partial charge < -0.3 is 0 Å². The molecule has 2 rings (SSSR count). The molecule has 0 aromatic rings. The molecule has 0 spiro atoms. The van der Waals surface area contributed by atoms with Gasteiger partial charge in [0.25, 0.3) is 0 Å². The lowest BCUT2D eigenvalue weighted by molar-refractivity contribution is 0.177. The Balaban J connectivity index is 1.89. The largest absolute Gasteiger partial charge is 0.229 e. The van der Waals surface area contributed by atoms with E-state index in [0.29, 0.717) is 5.75 Å². The summed E-state index contributed by atoms with van der Waals surface area (Å²) in [7, 11) is -2.80. The van der Waals surface area contributed by atoms with E-state index in [1.54, 1.807) is 6.92 Å². The second-order valence-corrected chi connectivity index (χ2v) is 8.66. The number of hydrogen-bond acceptors (Lipinski definition) is 2. The smallest absolute Gasteiger partial charge is 0.150 e. The monoisotopic (exact) mass is 278 g/mol. The van der Waals surface area contributed by atoms with Gasteiger partial charge in [0.15, 0.2) is 0 Å². The Labute approximate surface area is 110 Å². The molecule has 3 unspecified atom stereocenters. The molecule has 0 aromatic heterocycles. The highest BCUT2D eigenvalue weighted by Crippen LogP contribution is 2.58. The fraction of sp³-hybridized carbons (Fsp3) is 1.00. The Morgan fingerprint density at radius 2 is 2.12 bits per heavy atom. The first-order chi connectivity index (χ1) is 8.01. The highest BCUT2D eigenvalue weighted by molar-refractivity contribution is 7.91. The van der Waals surface area contributed by atoms with Gasteiger partial charge in [-0.25, -0.2) is 8.42 Å². The van der Waals surface area contributed by atoms with Crippen molar-refractivity contribution < 1.29 is 8.42 Å². The molecular weight excluding hydrogens is 256 g/mol. The summed E-state index contributed by atoms with van der Waals surface area (Å²) in [6.07, 6.45) is 7.08. The molecule has 0 amide bonds. The third-order valence-corrected chi connectivity index (χ3v) is 7.26. The maximum absolute atomic E-state index is 11.5. The van der Waals surface area contributed by atoms with E-state index < -0.39 is 9.84 Å². The van der Waals surface area contributed by atoms with Crippen LogP contribution in [0.25, 0.3) is 0 Å². The minimum absolute atomic E-state index is 0.271. The number of halogens is 1. The number of fused-ring (bicyclic) bond motifs is 2. The highest BCUT2D eigenvalue weighted by atomic mass is 35.5. The van der Waals surface area contributed by atoms with Crippen LogP contribution in [-0.2, 0) is 9.84 Å². The van der Waals surface area contributed by atoms with E-state index in [2.05, 4.69) is 0 Å². The van der Waals surface area contributed by atoms with Crippen molar-refractivity contribution in [3.63, 3.8) is 0 Å². The molecule has 2 aliphatic carbocycles. The molecule has 0 saturated heterocycles. The maximum Gasteiger partial charge on any atom is 0.150 e. The van der Waals surface area contributed by atoms with E-state index in [1.165, 1.54) is 25.7 Å². The second-order valence-electron chi connectivity index (χ2n) is 5.92. The third kappa shape index (κ3) is 2.81. The summed E-state index contributed by atoms with van der Waals surface area (Å²) in [6, 6.07) is 0. The molecular formula is C13H23ClO2S. The maximum atomic E-state index is 11.5. The number of hydrogen-bond donors (Lipinski definition) is 0. The fourth-order valence-electron chi connectivity index (χ4n) is 3.88. The van der Waals surface area contributed by atoms with Gasteiger partial charge in [-0.1, -0.05) is 13.3 Å². The quantitative estimate of drug-likeness (QED) is 0.699. The average molecular weight is 279 g/mol. The zero-order chi connectivity index (χ0) is 12.5. The van der Waals surface area contributed by atoms with Gasteiger partial charge in [-0.15, -0.1) is 11.6 Å². The van der Waals surface area contributed by atoms with Gasteiger partial charge in [-0.3, -0.25) is 0 Å². The van der Waals surface area contributed by atoms with Crippen LogP contribution in [0.3, 0.4) is 0 Å². The summed E-state index contributed by atoms with van der Waals surface area (Å²) in [5.41, 5.74) is 0.272. The van der Waals surface area contributed by atoms with Crippen molar-refractivity contribution in [1.29, 1.82) is 0 Å². The first kappa shape index (κ1) is 13.7. The molecule has 2 bridgehead atoms. The number of rotatable bonds is 6. The molecule has 0 heterocycles. The lowest BCUT2D eigenvalue weighted by Crippen LogP contribution is -2.30. The summed E-state index contributed by atoms with van der Waals surface area (Å²) in [5, 5.41) is 0. The van der Waals surface area contributed by atoms with E-state index in [0.717, 1.165) is 30.6 Å². The van der Waals surface area contributed by atoms with Gasteiger partial charge in [0.1, 0.15) is 9.84 Å². The molecule has 100 valence electrons. The van der Waals surface area contributed by atoms with Crippen molar-refractivity contribution in [3.05, 3.63) is 0 Å². The molecule has 2 nitrogen and oxygen atoms in total. The molecule has 3 atom stereocenters. The van der Waals surface area contributed by atoms with Crippen LogP contribution in [-0.4, -0.2) is 25.8 Å². The predicted molar refractivity (Wildman–Crippen MR) is 72.2 cm³/mol. The minimum Gasteiger partial charge on any atom is -0.229 e. The van der Waals surface area contributed by atoms with Gasteiger partial charge in [0.05, 0.1) is 5.75 Å². The summed E-state index contributed by atoms with van der Waals surface area (Å²) < 4.78 is 23.0. The Hall–Kier alpha value is 0.240. The molecule has 0 aliphatic heterocycles. The normalized spacial score (nSPS) is 36.6. The Morgan fingerprint density at radius 1 is 1.35 bits per heavy atom. The molecule has 0 N–H and O–H groups in total. The van der Waals surface area contributed by atoms with Crippen LogP contribution in [0.4, 0.5) is 0 Å². The van der Waals surface area contributed by atoms with Crippen molar-refractivity contribution in [3.8, 4) is 0 Å². The van der Waals surface area contributed by atoms with Crippen molar-refractivity contribution in [2.24, 2.45) is 17.3 Å². The van der Waals surface area contributed by atoms with Crippen molar-refractivity contribution >= 4 is 21.4 Å². The summed E-state index contributed by atoms with van der Waals surface area (Å²) >= 11 is 6.19. The molecule has 2 aliphatic rings. The van der Waals surface area contributed by atoms with Crippen molar-refractivity contribution in [2.75, 3.05) is 17.4 Å². The first-order valence-electron chi connectivity index (χ1n) is 6.78. The minimum atomic E-state index is -2.80. The second kappa shape index (κ2) is 5.08. The topological polar surface area (TPSA) is 34.1 Å². The van der Waals surface area contributed by atoms with Gasteiger partial charge >= 0.3 is 0 Å². The Morgan fingerprint density at radius 3 is 2.59 bits per heavy atom. The molecule has 17 heavy (non-hydrogen) atoms. The summed E-state index contributed by atoms with van der Waals surface area (Å²) in [6.45, 7) is 1.73. The lowest BCUT2D eigenvalue weighted by Gasteiger charge is -2.36. The lowest BCUT2D eigenvalue weighted by atomic mass is 9.72. The van der Waals surface area contributed by atoms with E-state index >= 15 is 0 Å². The highest BCUT2D eigenvalue weighted by Gasteiger charge is 2.49.